The lowest BCUT2D eigenvalue weighted by molar-refractivity contribution is 0.400. The van der Waals surface area contributed by atoms with Crippen LogP contribution in [0.2, 0.25) is 0 Å². The Kier molecular flexibility index (Phi) is 6.58. The highest BCUT2D eigenvalue weighted by atomic mass is 32.2. The van der Waals surface area contributed by atoms with Crippen LogP contribution in [0.25, 0.3) is 0 Å². The maximum atomic E-state index is 13.2. The van der Waals surface area contributed by atoms with Crippen LogP contribution in [0.5, 0.6) is 5.75 Å². The number of fused-ring (bicyclic) bond motifs is 1. The van der Waals surface area contributed by atoms with Crippen LogP contribution in [0.3, 0.4) is 0 Å². The fourth-order valence-electron chi connectivity index (χ4n) is 4.87. The van der Waals surface area contributed by atoms with E-state index in [1.54, 1.807) is 0 Å². The van der Waals surface area contributed by atoms with Crippen LogP contribution < -0.4 is 14.4 Å². The summed E-state index contributed by atoms with van der Waals surface area (Å²) in [5.74, 6) is 1.14. The van der Waals surface area contributed by atoms with Crippen molar-refractivity contribution in [1.29, 1.82) is 0 Å². The number of hydrogen-bond donors (Lipinski definition) is 1. The molecule has 2 aliphatic rings. The van der Waals surface area contributed by atoms with Gasteiger partial charge in [-0.1, -0.05) is 19.1 Å². The largest absolute Gasteiger partial charge is 0.495 e. The lowest BCUT2D eigenvalue weighted by Crippen LogP contribution is -2.34. The molecule has 2 atom stereocenters. The summed E-state index contributed by atoms with van der Waals surface area (Å²) >= 11 is 0. The van der Waals surface area contributed by atoms with Crippen molar-refractivity contribution < 1.29 is 13.2 Å². The fourth-order valence-corrected chi connectivity index (χ4v) is 6.31. The van der Waals surface area contributed by atoms with Crippen molar-refractivity contribution in [3.63, 3.8) is 0 Å². The van der Waals surface area contributed by atoms with Crippen molar-refractivity contribution >= 4 is 15.7 Å². The van der Waals surface area contributed by atoms with Gasteiger partial charge < -0.3 is 9.64 Å². The first-order chi connectivity index (χ1) is 14.9. The first-order valence-corrected chi connectivity index (χ1v) is 12.9. The highest BCUT2D eigenvalue weighted by molar-refractivity contribution is 7.89. The van der Waals surface area contributed by atoms with Gasteiger partial charge in [0.15, 0.2) is 0 Å². The molecule has 0 radical (unpaired) electrons. The number of nitrogens with zero attached hydrogens (tertiary/aromatic N) is 1. The molecular weight excluding hydrogens is 408 g/mol. The van der Waals surface area contributed by atoms with Gasteiger partial charge in [-0.2, -0.15) is 0 Å². The van der Waals surface area contributed by atoms with E-state index in [0.717, 1.165) is 49.9 Å². The van der Waals surface area contributed by atoms with E-state index >= 15 is 0 Å². The topological polar surface area (TPSA) is 58.6 Å². The number of sulfonamides is 1. The molecule has 1 heterocycles. The monoisotopic (exact) mass is 442 g/mol. The average molecular weight is 443 g/mol. The minimum Gasteiger partial charge on any atom is -0.495 e. The van der Waals surface area contributed by atoms with Crippen LogP contribution in [-0.4, -0.2) is 28.6 Å². The quantitative estimate of drug-likeness (QED) is 0.695. The fraction of sp³-hybridized carbons (Fsp3) is 0.520. The van der Waals surface area contributed by atoms with E-state index in [1.165, 1.54) is 31.2 Å². The lowest BCUT2D eigenvalue weighted by atomic mass is 9.92. The summed E-state index contributed by atoms with van der Waals surface area (Å²) in [7, 11) is -2.17. The molecule has 1 N–H and O–H groups in total. The van der Waals surface area contributed by atoms with E-state index < -0.39 is 10.0 Å². The van der Waals surface area contributed by atoms with E-state index in [0.29, 0.717) is 11.7 Å². The van der Waals surface area contributed by atoms with E-state index in [1.807, 2.05) is 31.2 Å². The van der Waals surface area contributed by atoms with Gasteiger partial charge in [0.05, 0.1) is 7.11 Å². The standard InChI is InChI=1S/C25H34N2O3S/c1-18-7-6-14-27(17-18)23-12-10-20(11-13-23)19(2)26-31(28,29)25-16-22-9-5-4-8-21(22)15-24(25)30-3/h10-13,15-16,18-19,26H,4-9,14,17H2,1-3H3/t18-,19+/m1/s1. The Bertz CT molecular complexity index is 1020. The van der Waals surface area contributed by atoms with Gasteiger partial charge in [0.2, 0.25) is 10.0 Å². The van der Waals surface area contributed by atoms with Crippen LogP contribution >= 0.6 is 0 Å². The SMILES string of the molecule is COc1cc2c(cc1S(=O)(=O)N[C@@H](C)c1ccc(N3CCC[C@@H](C)C3)cc1)CCCC2. The molecule has 6 heteroatoms. The second kappa shape index (κ2) is 9.21. The Balaban J connectivity index is 1.52. The van der Waals surface area contributed by atoms with E-state index in [2.05, 4.69) is 28.7 Å². The smallest absolute Gasteiger partial charge is 0.244 e. The predicted octanol–water partition coefficient (Wildman–Crippen LogP) is 4.85. The van der Waals surface area contributed by atoms with Crippen LogP contribution in [0.15, 0.2) is 41.3 Å². The minimum atomic E-state index is -3.71. The summed E-state index contributed by atoms with van der Waals surface area (Å²) in [4.78, 5) is 2.66. The van der Waals surface area contributed by atoms with Crippen LogP contribution in [0.4, 0.5) is 5.69 Å². The summed E-state index contributed by atoms with van der Waals surface area (Å²) in [6, 6.07) is 11.7. The summed E-state index contributed by atoms with van der Waals surface area (Å²) in [5.41, 5.74) is 4.49. The van der Waals surface area contributed by atoms with E-state index in [4.69, 9.17) is 4.74 Å². The Hall–Kier alpha value is -2.05. The number of anilines is 1. The molecule has 168 valence electrons. The first-order valence-electron chi connectivity index (χ1n) is 11.4. The number of ether oxygens (including phenoxy) is 1. The third-order valence-electron chi connectivity index (χ3n) is 6.66. The molecule has 0 aromatic heterocycles. The van der Waals surface area contributed by atoms with Crippen LogP contribution in [0, 0.1) is 5.92 Å². The van der Waals surface area contributed by atoms with Crippen LogP contribution in [-0.2, 0) is 22.9 Å². The van der Waals surface area contributed by atoms with Crippen molar-refractivity contribution in [2.75, 3.05) is 25.1 Å². The summed E-state index contributed by atoms with van der Waals surface area (Å²) < 4.78 is 34.8. The highest BCUT2D eigenvalue weighted by Crippen LogP contribution is 2.33. The number of rotatable bonds is 6. The molecule has 31 heavy (non-hydrogen) atoms. The van der Waals surface area contributed by atoms with Gasteiger partial charge in [-0.25, -0.2) is 13.1 Å². The lowest BCUT2D eigenvalue weighted by Gasteiger charge is -2.33. The summed E-state index contributed by atoms with van der Waals surface area (Å²) in [6.07, 6.45) is 6.67. The van der Waals surface area contributed by atoms with Gasteiger partial charge in [0.1, 0.15) is 10.6 Å². The zero-order valence-corrected chi connectivity index (χ0v) is 19.7. The van der Waals surface area contributed by atoms with E-state index in [9.17, 15) is 8.42 Å². The number of benzene rings is 2. The van der Waals surface area contributed by atoms with Crippen molar-refractivity contribution in [1.82, 2.24) is 4.72 Å². The zero-order chi connectivity index (χ0) is 22.0. The Morgan fingerprint density at radius 1 is 1.06 bits per heavy atom. The van der Waals surface area contributed by atoms with Crippen molar-refractivity contribution in [3.05, 3.63) is 53.1 Å². The second-order valence-electron chi connectivity index (χ2n) is 9.11. The molecule has 1 aliphatic heterocycles. The normalized spacial score (nSPS) is 20.2. The van der Waals surface area contributed by atoms with Crippen molar-refractivity contribution in [3.8, 4) is 5.75 Å². The number of piperidine rings is 1. The molecule has 0 saturated carbocycles. The molecular formula is C25H34N2O3S. The van der Waals surface area contributed by atoms with Crippen LogP contribution in [0.1, 0.15) is 62.3 Å². The van der Waals surface area contributed by atoms with Gasteiger partial charge in [-0.3, -0.25) is 0 Å². The molecule has 2 aromatic rings. The van der Waals surface area contributed by atoms with Crippen molar-refractivity contribution in [2.24, 2.45) is 5.92 Å². The molecule has 1 saturated heterocycles. The summed E-state index contributed by atoms with van der Waals surface area (Å²) in [5, 5.41) is 0. The Labute approximate surface area is 186 Å². The second-order valence-corrected chi connectivity index (χ2v) is 10.8. The minimum absolute atomic E-state index is 0.237. The molecule has 4 rings (SSSR count). The molecule has 5 nitrogen and oxygen atoms in total. The average Bonchev–Trinajstić information content (AvgIpc) is 2.78. The third-order valence-corrected chi connectivity index (χ3v) is 8.23. The van der Waals surface area contributed by atoms with Gasteiger partial charge in [-0.15, -0.1) is 0 Å². The van der Waals surface area contributed by atoms with E-state index in [-0.39, 0.29) is 10.9 Å². The summed E-state index contributed by atoms with van der Waals surface area (Å²) in [6.45, 7) is 6.36. The zero-order valence-electron chi connectivity index (χ0n) is 18.9. The highest BCUT2D eigenvalue weighted by Gasteiger charge is 2.25. The molecule has 0 amide bonds. The van der Waals surface area contributed by atoms with Gasteiger partial charge in [0.25, 0.3) is 0 Å². The number of methoxy groups -OCH3 is 1. The number of nitrogens with one attached hydrogen (secondary N) is 1. The van der Waals surface area contributed by atoms with Gasteiger partial charge in [-0.05, 0) is 92.3 Å². The Morgan fingerprint density at radius 2 is 1.74 bits per heavy atom. The van der Waals surface area contributed by atoms with Crippen molar-refractivity contribution in [2.45, 2.75) is 63.3 Å². The predicted molar refractivity (Wildman–Crippen MR) is 125 cm³/mol. The third kappa shape index (κ3) is 4.90. The first kappa shape index (κ1) is 22.2. The van der Waals surface area contributed by atoms with Gasteiger partial charge >= 0.3 is 0 Å². The molecule has 0 spiro atoms. The molecule has 0 bridgehead atoms. The molecule has 0 unspecified atom stereocenters. The number of hydrogen-bond acceptors (Lipinski definition) is 4. The number of aryl methyl sites for hydroxylation is 2. The molecule has 1 aliphatic carbocycles. The van der Waals surface area contributed by atoms with Gasteiger partial charge in [0, 0.05) is 24.8 Å². The maximum Gasteiger partial charge on any atom is 0.244 e. The maximum absolute atomic E-state index is 13.2. The Morgan fingerprint density at radius 3 is 2.39 bits per heavy atom. The molecule has 2 aromatic carbocycles. The molecule has 1 fully saturated rings.